The molecule has 10 heteroatoms. The number of anilines is 1. The number of pyridine rings is 1. The highest BCUT2D eigenvalue weighted by Crippen LogP contribution is 2.32. The van der Waals surface area contributed by atoms with Gasteiger partial charge in [0.25, 0.3) is 5.91 Å². The molecule has 1 aromatic carbocycles. The number of benzene rings is 1. The lowest BCUT2D eigenvalue weighted by molar-refractivity contribution is -0.141. The van der Waals surface area contributed by atoms with Crippen molar-refractivity contribution in [1.29, 1.82) is 0 Å². The number of hydrogen-bond acceptors (Lipinski definition) is 5. The van der Waals surface area contributed by atoms with Crippen molar-refractivity contribution in [2.75, 3.05) is 18.5 Å². The fourth-order valence-corrected chi connectivity index (χ4v) is 2.53. The van der Waals surface area contributed by atoms with E-state index >= 15 is 0 Å². The first kappa shape index (κ1) is 17.3. The Bertz CT molecular complexity index is 998. The van der Waals surface area contributed by atoms with Gasteiger partial charge in [0.2, 0.25) is 0 Å². The molecule has 27 heavy (non-hydrogen) atoms. The van der Waals surface area contributed by atoms with Crippen molar-refractivity contribution in [1.82, 2.24) is 15.2 Å². The van der Waals surface area contributed by atoms with Crippen molar-refractivity contribution in [3.8, 4) is 5.75 Å². The first-order valence-corrected chi connectivity index (χ1v) is 7.97. The van der Waals surface area contributed by atoms with Gasteiger partial charge in [0.15, 0.2) is 0 Å². The van der Waals surface area contributed by atoms with E-state index in [1.54, 1.807) is 18.3 Å². The number of hydrogen-bond donors (Lipinski definition) is 2. The van der Waals surface area contributed by atoms with Gasteiger partial charge in [-0.1, -0.05) is 6.07 Å². The zero-order chi connectivity index (χ0) is 19.0. The monoisotopic (exact) mass is 378 g/mol. The number of fused-ring (bicyclic) bond motifs is 1. The van der Waals surface area contributed by atoms with Crippen molar-refractivity contribution < 1.29 is 27.4 Å². The Balaban J connectivity index is 1.63. The van der Waals surface area contributed by atoms with Crippen LogP contribution in [-0.2, 0) is 10.9 Å². The highest BCUT2D eigenvalue weighted by Gasteiger charge is 2.33. The van der Waals surface area contributed by atoms with Crippen molar-refractivity contribution in [3.63, 3.8) is 0 Å². The maximum atomic E-state index is 12.8. The minimum Gasteiger partial charge on any atom is -0.483 e. The summed E-state index contributed by atoms with van der Waals surface area (Å²) in [5.74, 6) is -0.418. The second-order valence-corrected chi connectivity index (χ2v) is 5.94. The summed E-state index contributed by atoms with van der Waals surface area (Å²) in [6.07, 6.45) is -3.23. The van der Waals surface area contributed by atoms with E-state index in [4.69, 9.17) is 9.47 Å². The highest BCUT2D eigenvalue weighted by atomic mass is 19.4. The van der Waals surface area contributed by atoms with Gasteiger partial charge in [-0.15, -0.1) is 0 Å². The van der Waals surface area contributed by atoms with Crippen LogP contribution in [0.2, 0.25) is 0 Å². The Morgan fingerprint density at radius 2 is 2.11 bits per heavy atom. The van der Waals surface area contributed by atoms with Gasteiger partial charge >= 0.3 is 6.18 Å². The van der Waals surface area contributed by atoms with Crippen LogP contribution in [0.25, 0.3) is 10.9 Å². The topological polar surface area (TPSA) is 89.1 Å². The molecule has 2 aromatic heterocycles. The molecule has 7 nitrogen and oxygen atoms in total. The molecule has 0 saturated carbocycles. The van der Waals surface area contributed by atoms with Crippen LogP contribution in [0.3, 0.4) is 0 Å². The van der Waals surface area contributed by atoms with E-state index in [1.165, 1.54) is 6.07 Å². The minimum atomic E-state index is -4.63. The number of ether oxygens (including phenoxy) is 2. The second kappa shape index (κ2) is 6.54. The van der Waals surface area contributed by atoms with E-state index in [9.17, 15) is 18.0 Å². The third-order valence-corrected chi connectivity index (χ3v) is 3.96. The van der Waals surface area contributed by atoms with Crippen molar-refractivity contribution >= 4 is 22.5 Å². The molecule has 0 unspecified atom stereocenters. The standard InChI is InChI=1S/C17H13F3N4O3/c18-17(19,20)15-3-1-2-11(22-15)16(25)23-13-4-9-6-21-24-12(9)5-14(13)27-10-7-26-8-10/h1-6,10H,7-8H2,(H,21,24)(H,23,25). The summed E-state index contributed by atoms with van der Waals surface area (Å²) in [5.41, 5.74) is -0.487. The number of nitrogens with zero attached hydrogens (tertiary/aromatic N) is 2. The summed E-state index contributed by atoms with van der Waals surface area (Å²) in [5, 5.41) is 9.98. The summed E-state index contributed by atoms with van der Waals surface area (Å²) >= 11 is 0. The molecule has 3 heterocycles. The molecule has 1 amide bonds. The molecule has 1 aliphatic rings. The highest BCUT2D eigenvalue weighted by molar-refractivity contribution is 6.05. The van der Waals surface area contributed by atoms with Gasteiger partial charge in [-0.05, 0) is 18.2 Å². The normalized spacial score (nSPS) is 14.8. The van der Waals surface area contributed by atoms with E-state index < -0.39 is 17.8 Å². The number of rotatable bonds is 4. The van der Waals surface area contributed by atoms with Gasteiger partial charge in [-0.25, -0.2) is 4.98 Å². The number of aromatic nitrogens is 3. The lowest BCUT2D eigenvalue weighted by Crippen LogP contribution is -2.38. The molecule has 140 valence electrons. The molecule has 3 aromatic rings. The Kier molecular flexibility index (Phi) is 4.19. The molecular formula is C17H13F3N4O3. The van der Waals surface area contributed by atoms with Crippen LogP contribution in [-0.4, -0.2) is 40.4 Å². The molecule has 1 fully saturated rings. The van der Waals surface area contributed by atoms with Gasteiger partial charge in [-0.2, -0.15) is 18.3 Å². The summed E-state index contributed by atoms with van der Waals surface area (Å²) in [4.78, 5) is 15.8. The molecule has 1 aliphatic heterocycles. The smallest absolute Gasteiger partial charge is 0.433 e. The maximum Gasteiger partial charge on any atom is 0.433 e. The predicted molar refractivity (Wildman–Crippen MR) is 88.5 cm³/mol. The largest absolute Gasteiger partial charge is 0.483 e. The van der Waals surface area contributed by atoms with Crippen LogP contribution in [0.15, 0.2) is 36.5 Å². The second-order valence-electron chi connectivity index (χ2n) is 5.94. The lowest BCUT2D eigenvalue weighted by atomic mass is 10.2. The molecule has 0 spiro atoms. The third kappa shape index (κ3) is 3.56. The average molecular weight is 378 g/mol. The molecule has 0 atom stereocenters. The first-order valence-electron chi connectivity index (χ1n) is 7.97. The van der Waals surface area contributed by atoms with E-state index in [-0.39, 0.29) is 11.8 Å². The van der Waals surface area contributed by atoms with Gasteiger partial charge < -0.3 is 14.8 Å². The Labute approximate surface area is 150 Å². The lowest BCUT2D eigenvalue weighted by Gasteiger charge is -2.27. The number of halogens is 3. The zero-order valence-electron chi connectivity index (χ0n) is 13.7. The van der Waals surface area contributed by atoms with Gasteiger partial charge in [-0.3, -0.25) is 9.89 Å². The maximum absolute atomic E-state index is 12.8. The van der Waals surface area contributed by atoms with Crippen LogP contribution >= 0.6 is 0 Å². The fraction of sp³-hybridized carbons (Fsp3) is 0.235. The van der Waals surface area contributed by atoms with Crippen LogP contribution < -0.4 is 10.1 Å². The molecule has 1 saturated heterocycles. The Hall–Kier alpha value is -3.14. The van der Waals surface area contributed by atoms with Crippen LogP contribution in [0.1, 0.15) is 16.2 Å². The number of carbonyl (C=O) groups is 1. The van der Waals surface area contributed by atoms with Crippen LogP contribution in [0.4, 0.5) is 18.9 Å². The van der Waals surface area contributed by atoms with Gasteiger partial charge in [0.1, 0.15) is 23.2 Å². The molecular weight excluding hydrogens is 365 g/mol. The SMILES string of the molecule is O=C(Nc1cc2cn[nH]c2cc1OC1COC1)c1cccc(C(F)(F)F)n1. The van der Waals surface area contributed by atoms with Crippen LogP contribution in [0.5, 0.6) is 5.75 Å². The van der Waals surface area contributed by atoms with Gasteiger partial charge in [0, 0.05) is 11.5 Å². The number of aromatic amines is 1. The fourth-order valence-electron chi connectivity index (χ4n) is 2.53. The molecule has 4 rings (SSSR count). The zero-order valence-corrected chi connectivity index (χ0v) is 13.7. The average Bonchev–Trinajstić information content (AvgIpc) is 3.04. The number of alkyl halides is 3. The summed E-state index contributed by atoms with van der Waals surface area (Å²) in [6, 6.07) is 6.43. The molecule has 0 bridgehead atoms. The number of carbonyl (C=O) groups excluding carboxylic acids is 1. The molecule has 2 N–H and O–H groups in total. The molecule has 0 radical (unpaired) electrons. The molecule has 0 aliphatic carbocycles. The van der Waals surface area contributed by atoms with E-state index in [0.717, 1.165) is 12.1 Å². The van der Waals surface area contributed by atoms with Crippen molar-refractivity contribution in [2.24, 2.45) is 0 Å². The minimum absolute atomic E-state index is 0.160. The van der Waals surface area contributed by atoms with Gasteiger partial charge in [0.05, 0.1) is 30.6 Å². The van der Waals surface area contributed by atoms with E-state index in [0.29, 0.717) is 35.6 Å². The van der Waals surface area contributed by atoms with Crippen LogP contribution in [0, 0.1) is 0 Å². The number of nitrogens with one attached hydrogen (secondary N) is 2. The Morgan fingerprint density at radius 1 is 1.30 bits per heavy atom. The summed E-state index contributed by atoms with van der Waals surface area (Å²) < 4.78 is 49.3. The van der Waals surface area contributed by atoms with E-state index in [1.807, 2.05) is 0 Å². The summed E-state index contributed by atoms with van der Waals surface area (Å²) in [6.45, 7) is 0.840. The number of H-pyrrole nitrogens is 1. The predicted octanol–water partition coefficient (Wildman–Crippen LogP) is 3.01. The quantitative estimate of drug-likeness (QED) is 0.729. The number of amides is 1. The third-order valence-electron chi connectivity index (χ3n) is 3.96. The Morgan fingerprint density at radius 3 is 2.81 bits per heavy atom. The van der Waals surface area contributed by atoms with E-state index in [2.05, 4.69) is 20.5 Å². The first-order chi connectivity index (χ1) is 12.9. The van der Waals surface area contributed by atoms with Crippen molar-refractivity contribution in [2.45, 2.75) is 12.3 Å². The van der Waals surface area contributed by atoms with Crippen molar-refractivity contribution in [3.05, 3.63) is 47.9 Å². The summed E-state index contributed by atoms with van der Waals surface area (Å²) in [7, 11) is 0.